The molecule has 0 aromatic heterocycles. The fraction of sp³-hybridized carbons (Fsp3) is 0.526. The largest absolute Gasteiger partial charge is 0.454 e. The molecule has 140 valence electrons. The summed E-state index contributed by atoms with van der Waals surface area (Å²) >= 11 is 1.60. The lowest BCUT2D eigenvalue weighted by molar-refractivity contribution is -0.155. The molecule has 2 heterocycles. The molecule has 2 saturated heterocycles. The second-order valence-electron chi connectivity index (χ2n) is 6.88. The summed E-state index contributed by atoms with van der Waals surface area (Å²) in [6.07, 6.45) is 2.00. The molecule has 1 aromatic carbocycles. The number of para-hydroxylation sites is 1. The minimum atomic E-state index is -0.600. The first-order chi connectivity index (χ1) is 12.4. The first-order valence-corrected chi connectivity index (χ1v) is 9.85. The van der Waals surface area contributed by atoms with E-state index in [4.69, 9.17) is 4.74 Å². The summed E-state index contributed by atoms with van der Waals surface area (Å²) in [6, 6.07) is 5.24. The molecular weight excluding hydrogens is 352 g/mol. The fourth-order valence-electron chi connectivity index (χ4n) is 3.61. The number of nitrogens with zero attached hydrogens (tertiary/aromatic N) is 1. The lowest BCUT2D eigenvalue weighted by Gasteiger charge is -2.29. The Balaban J connectivity index is 1.59. The topological polar surface area (TPSA) is 75.7 Å². The van der Waals surface area contributed by atoms with E-state index in [2.05, 4.69) is 5.32 Å². The molecule has 3 rings (SSSR count). The summed E-state index contributed by atoms with van der Waals surface area (Å²) in [5, 5.41) is 2.84. The second-order valence-corrected chi connectivity index (χ2v) is 8.39. The van der Waals surface area contributed by atoms with Crippen LogP contribution < -0.4 is 5.32 Å². The van der Waals surface area contributed by atoms with E-state index < -0.39 is 12.0 Å². The number of rotatable bonds is 5. The van der Waals surface area contributed by atoms with Gasteiger partial charge in [-0.2, -0.15) is 0 Å². The van der Waals surface area contributed by atoms with E-state index in [1.807, 2.05) is 39.0 Å². The summed E-state index contributed by atoms with van der Waals surface area (Å²) in [6.45, 7) is 5.58. The number of hydrogen-bond acceptors (Lipinski definition) is 5. The van der Waals surface area contributed by atoms with E-state index >= 15 is 0 Å². The number of aryl methyl sites for hydroxylation is 2. The lowest BCUT2D eigenvalue weighted by Crippen LogP contribution is -2.47. The van der Waals surface area contributed by atoms with Crippen molar-refractivity contribution in [2.24, 2.45) is 0 Å². The summed E-state index contributed by atoms with van der Waals surface area (Å²) in [4.78, 5) is 38.0. The Hall–Kier alpha value is -2.02. The maximum absolute atomic E-state index is 12.4. The monoisotopic (exact) mass is 376 g/mol. The van der Waals surface area contributed by atoms with Gasteiger partial charge in [0, 0.05) is 17.9 Å². The van der Waals surface area contributed by atoms with E-state index in [0.29, 0.717) is 12.2 Å². The zero-order valence-electron chi connectivity index (χ0n) is 15.3. The van der Waals surface area contributed by atoms with Crippen LogP contribution >= 0.6 is 11.8 Å². The van der Waals surface area contributed by atoms with Crippen molar-refractivity contribution >= 4 is 35.2 Å². The molecule has 2 aliphatic heterocycles. The molecule has 0 radical (unpaired) electrons. The van der Waals surface area contributed by atoms with Crippen molar-refractivity contribution in [2.75, 3.05) is 17.7 Å². The van der Waals surface area contributed by atoms with Gasteiger partial charge in [-0.1, -0.05) is 25.1 Å². The predicted octanol–water partition coefficient (Wildman–Crippen LogP) is 2.49. The summed E-state index contributed by atoms with van der Waals surface area (Å²) in [5.41, 5.74) is 2.78. The molecule has 2 fully saturated rings. The Morgan fingerprint density at radius 1 is 1.42 bits per heavy atom. The van der Waals surface area contributed by atoms with E-state index in [1.165, 1.54) is 0 Å². The van der Waals surface area contributed by atoms with E-state index in [1.54, 1.807) is 16.7 Å². The molecular formula is C19H24N2O4S. The number of ether oxygens (including phenoxy) is 1. The highest BCUT2D eigenvalue weighted by atomic mass is 32.2. The lowest BCUT2D eigenvalue weighted by atomic mass is 10.1. The Bertz CT molecular complexity index is 751. The van der Waals surface area contributed by atoms with Gasteiger partial charge in [-0.25, -0.2) is 4.79 Å². The molecule has 0 bridgehead atoms. The van der Waals surface area contributed by atoms with Gasteiger partial charge in [-0.3, -0.25) is 9.59 Å². The SMILES string of the molecule is CCc1cccc(C)c1NC(=O)COC(=O)[C@H]1CS[C@@]2(C)CCC(=O)N12. The smallest absolute Gasteiger partial charge is 0.330 e. The minimum absolute atomic E-state index is 0.0172. The number of esters is 1. The van der Waals surface area contributed by atoms with Crippen molar-refractivity contribution in [1.82, 2.24) is 4.90 Å². The number of carbonyl (C=O) groups is 3. The highest BCUT2D eigenvalue weighted by Gasteiger charge is 2.53. The van der Waals surface area contributed by atoms with Crippen molar-refractivity contribution in [1.29, 1.82) is 0 Å². The molecule has 26 heavy (non-hydrogen) atoms. The van der Waals surface area contributed by atoms with Crippen LogP contribution in [-0.4, -0.2) is 46.0 Å². The number of amides is 2. The summed E-state index contributed by atoms with van der Waals surface area (Å²) in [5.74, 6) is -0.382. The van der Waals surface area contributed by atoms with Crippen molar-refractivity contribution in [3.63, 3.8) is 0 Å². The van der Waals surface area contributed by atoms with Crippen LogP contribution in [-0.2, 0) is 25.5 Å². The molecule has 2 atom stereocenters. The molecule has 6 nitrogen and oxygen atoms in total. The number of anilines is 1. The third-order valence-electron chi connectivity index (χ3n) is 5.07. The fourth-order valence-corrected chi connectivity index (χ4v) is 5.02. The number of carbonyl (C=O) groups excluding carboxylic acids is 3. The average molecular weight is 376 g/mol. The van der Waals surface area contributed by atoms with Crippen molar-refractivity contribution in [2.45, 2.75) is 50.9 Å². The summed E-state index contributed by atoms with van der Waals surface area (Å²) in [7, 11) is 0. The van der Waals surface area contributed by atoms with Crippen LogP contribution in [0.1, 0.15) is 37.8 Å². The maximum Gasteiger partial charge on any atom is 0.330 e. The molecule has 0 unspecified atom stereocenters. The summed E-state index contributed by atoms with van der Waals surface area (Å²) < 4.78 is 5.22. The molecule has 1 N–H and O–H groups in total. The molecule has 1 aromatic rings. The number of nitrogens with one attached hydrogen (secondary N) is 1. The van der Waals surface area contributed by atoms with Gasteiger partial charge in [0.05, 0.1) is 4.87 Å². The van der Waals surface area contributed by atoms with Crippen LogP contribution in [0.2, 0.25) is 0 Å². The first kappa shape index (κ1) is 18.8. The number of benzene rings is 1. The van der Waals surface area contributed by atoms with Crippen LogP contribution in [0, 0.1) is 6.92 Å². The second kappa shape index (κ2) is 7.31. The van der Waals surface area contributed by atoms with E-state index in [0.717, 1.165) is 29.7 Å². The van der Waals surface area contributed by atoms with E-state index in [9.17, 15) is 14.4 Å². The highest BCUT2D eigenvalue weighted by Crippen LogP contribution is 2.47. The maximum atomic E-state index is 12.4. The first-order valence-electron chi connectivity index (χ1n) is 8.87. The Labute approximate surface area is 157 Å². The minimum Gasteiger partial charge on any atom is -0.454 e. The zero-order chi connectivity index (χ0) is 18.9. The Morgan fingerprint density at radius 3 is 2.92 bits per heavy atom. The molecule has 0 spiro atoms. The van der Waals surface area contributed by atoms with Gasteiger partial charge in [0.25, 0.3) is 5.91 Å². The van der Waals surface area contributed by atoms with Crippen molar-refractivity contribution in [3.05, 3.63) is 29.3 Å². The van der Waals surface area contributed by atoms with Crippen LogP contribution in [0.25, 0.3) is 0 Å². The van der Waals surface area contributed by atoms with Gasteiger partial charge < -0.3 is 15.0 Å². The molecule has 2 amide bonds. The van der Waals surface area contributed by atoms with Gasteiger partial charge in [-0.05, 0) is 37.8 Å². The van der Waals surface area contributed by atoms with Gasteiger partial charge in [0.2, 0.25) is 5.91 Å². The van der Waals surface area contributed by atoms with Crippen LogP contribution in [0.3, 0.4) is 0 Å². The Morgan fingerprint density at radius 2 is 2.19 bits per heavy atom. The van der Waals surface area contributed by atoms with Crippen molar-refractivity contribution in [3.8, 4) is 0 Å². The van der Waals surface area contributed by atoms with E-state index in [-0.39, 0.29) is 23.3 Å². The van der Waals surface area contributed by atoms with Crippen molar-refractivity contribution < 1.29 is 19.1 Å². The van der Waals surface area contributed by atoms with Crippen LogP contribution in [0.15, 0.2) is 18.2 Å². The van der Waals surface area contributed by atoms with Gasteiger partial charge in [0.15, 0.2) is 6.61 Å². The van der Waals surface area contributed by atoms with Gasteiger partial charge in [0.1, 0.15) is 6.04 Å². The number of hydrogen-bond donors (Lipinski definition) is 1. The third-order valence-corrected chi connectivity index (χ3v) is 6.57. The van der Waals surface area contributed by atoms with Gasteiger partial charge >= 0.3 is 5.97 Å². The molecule has 0 aliphatic carbocycles. The quantitative estimate of drug-likeness (QED) is 0.799. The normalized spacial score (nSPS) is 24.5. The number of thioether (sulfide) groups is 1. The molecule has 7 heteroatoms. The van der Waals surface area contributed by atoms with Crippen LogP contribution in [0.4, 0.5) is 5.69 Å². The van der Waals surface area contributed by atoms with Crippen LogP contribution in [0.5, 0.6) is 0 Å². The Kier molecular flexibility index (Phi) is 5.27. The van der Waals surface area contributed by atoms with Gasteiger partial charge in [-0.15, -0.1) is 11.8 Å². The number of fused-ring (bicyclic) bond motifs is 1. The predicted molar refractivity (Wildman–Crippen MR) is 101 cm³/mol. The molecule has 0 saturated carbocycles. The highest BCUT2D eigenvalue weighted by molar-refractivity contribution is 8.01. The standard InChI is InChI=1S/C19H24N2O4S/c1-4-13-7-5-6-12(2)17(13)20-15(22)10-25-18(24)14-11-26-19(3)9-8-16(23)21(14)19/h5-7,14H,4,8-11H2,1-3H3,(H,20,22)/t14-,19+/m1/s1. The zero-order valence-corrected chi connectivity index (χ0v) is 16.1. The molecule has 2 aliphatic rings. The average Bonchev–Trinajstić information content (AvgIpc) is 3.11. The third kappa shape index (κ3) is 3.45.